The summed E-state index contributed by atoms with van der Waals surface area (Å²) in [6, 6.07) is 17.5. The Morgan fingerprint density at radius 3 is 1.04 bits per heavy atom. The van der Waals surface area contributed by atoms with Gasteiger partial charge in [0.25, 0.3) is 17.5 Å². The first kappa shape index (κ1) is 35.2. The van der Waals surface area contributed by atoms with E-state index in [1.165, 1.54) is 17.1 Å². The van der Waals surface area contributed by atoms with Crippen molar-refractivity contribution in [2.75, 3.05) is 0 Å². The van der Waals surface area contributed by atoms with Gasteiger partial charge in [-0.05, 0) is 62.4 Å². The van der Waals surface area contributed by atoms with Crippen molar-refractivity contribution in [3.05, 3.63) is 162 Å². The van der Waals surface area contributed by atoms with Gasteiger partial charge in [-0.1, -0.05) is 0 Å². The fourth-order valence-electron chi connectivity index (χ4n) is 8.28. The predicted octanol–water partition coefficient (Wildman–Crippen LogP) is 1.96. The van der Waals surface area contributed by atoms with E-state index < -0.39 is 0 Å². The first-order valence-corrected chi connectivity index (χ1v) is 19.2. The summed E-state index contributed by atoms with van der Waals surface area (Å²) in [5, 5.41) is 3.89. The highest BCUT2D eigenvalue weighted by Gasteiger charge is 2.29. The molecule has 0 amide bonds. The van der Waals surface area contributed by atoms with E-state index in [-0.39, 0.29) is 0 Å². The maximum absolute atomic E-state index is 5.15. The Morgan fingerprint density at radius 1 is 0.429 bits per heavy atom. The van der Waals surface area contributed by atoms with Gasteiger partial charge in [-0.2, -0.15) is 0 Å². The third-order valence-electron chi connectivity index (χ3n) is 12.5. The van der Waals surface area contributed by atoms with Gasteiger partial charge in [-0.25, -0.2) is 33.6 Å². The van der Waals surface area contributed by atoms with Crippen molar-refractivity contribution in [2.45, 2.75) is 55.4 Å². The first-order chi connectivity index (χ1) is 26.7. The van der Waals surface area contributed by atoms with Crippen LogP contribution in [0.25, 0.3) is 22.3 Å². The Kier molecular flexibility index (Phi) is 7.84. The van der Waals surface area contributed by atoms with Crippen molar-refractivity contribution >= 4 is 22.3 Å². The molecule has 0 aromatic carbocycles. The molecule has 1 aliphatic heterocycles. The van der Waals surface area contributed by atoms with Crippen molar-refractivity contribution in [1.82, 2.24) is 44.4 Å². The van der Waals surface area contributed by atoms with E-state index in [4.69, 9.17) is 4.98 Å². The van der Waals surface area contributed by atoms with E-state index in [0.29, 0.717) is 0 Å². The lowest BCUT2D eigenvalue weighted by atomic mass is 10.1. The van der Waals surface area contributed by atoms with Crippen molar-refractivity contribution in [1.29, 1.82) is 0 Å². The number of rotatable bonds is 4. The number of nitrogens with zero attached hydrogens (tertiary/aromatic N) is 5. The van der Waals surface area contributed by atoms with Crippen LogP contribution in [0, 0.1) is 55.4 Å². The van der Waals surface area contributed by atoms with E-state index in [2.05, 4.69) is 185 Å². The molecule has 0 saturated carbocycles. The Morgan fingerprint density at radius 2 is 0.750 bits per heavy atom. The average Bonchev–Trinajstić information content (AvgIpc) is 4.07. The number of fused-ring (bicyclic) bond motifs is 8. The van der Waals surface area contributed by atoms with Crippen molar-refractivity contribution < 1.29 is 13.7 Å². The van der Waals surface area contributed by atoms with Crippen LogP contribution in [0.1, 0.15) is 91.6 Å². The number of hydrogen-bond donors (Lipinski definition) is 7. The number of aromatic amines is 7. The maximum atomic E-state index is 5.15. The molecule has 0 fully saturated rings. The van der Waals surface area contributed by atoms with E-state index in [9.17, 15) is 0 Å². The van der Waals surface area contributed by atoms with Gasteiger partial charge in [0.2, 0.25) is 0 Å². The molecule has 12 heteroatoms. The highest BCUT2D eigenvalue weighted by atomic mass is 15.1. The number of aryl methyl sites for hydroxylation is 4. The molecule has 1 aliphatic rings. The molecule has 7 N–H and O–H groups in total. The zero-order valence-corrected chi connectivity index (χ0v) is 34.4. The third-order valence-corrected chi connectivity index (χ3v) is 12.5. The lowest BCUT2D eigenvalue weighted by Crippen LogP contribution is -2.36. The molecule has 8 aromatic rings. The summed E-state index contributed by atoms with van der Waals surface area (Å²) in [5.74, 6) is 3.89. The second-order valence-electron chi connectivity index (χ2n) is 15.5. The maximum Gasteiger partial charge on any atom is 0.291 e. The standard InChI is InChI=1S/C44H48N12/c1-21-25(5)53(9)41(45-21)37-29-13-15-31(49-29)38(42-46-22(2)26(6)54(42)10)33-17-19-35(51-33)40(44-48-24(4)28(8)56(44)12)36-20-18-34(52-36)39(32-16-14-30(37)50-32)43-47-23(3)27(7)55(43)11/h13-20H,1-12H3,(H4,45,46,47,48,49,50,51,52)/p+3. The Labute approximate surface area is 324 Å². The van der Waals surface area contributed by atoms with Gasteiger partial charge in [0.05, 0.1) is 76.6 Å². The number of aromatic nitrogens is 12. The van der Waals surface area contributed by atoms with Crippen LogP contribution in [-0.4, -0.2) is 44.4 Å². The summed E-state index contributed by atoms with van der Waals surface area (Å²) >= 11 is 0. The fourth-order valence-corrected chi connectivity index (χ4v) is 8.28. The second kappa shape index (κ2) is 12.5. The molecule has 56 heavy (non-hydrogen) atoms. The topological polar surface area (TPSA) is 140 Å². The fraction of sp³-hybridized carbons (Fsp3) is 0.273. The van der Waals surface area contributed by atoms with Crippen LogP contribution in [0.5, 0.6) is 0 Å². The lowest BCUT2D eigenvalue weighted by molar-refractivity contribution is -0.678. The minimum atomic E-state index is 0.883. The molecule has 9 rings (SSSR count). The van der Waals surface area contributed by atoms with Crippen molar-refractivity contribution in [3.63, 3.8) is 0 Å². The molecule has 0 aliphatic carbocycles. The molecular formula is C44H51N12+3. The van der Waals surface area contributed by atoms with Crippen molar-refractivity contribution in [2.24, 2.45) is 28.2 Å². The lowest BCUT2D eigenvalue weighted by Gasteiger charge is -2.08. The summed E-state index contributed by atoms with van der Waals surface area (Å²) in [6.07, 6.45) is 0. The average molecular weight is 748 g/mol. The first-order valence-electron chi connectivity index (χ1n) is 19.2. The van der Waals surface area contributed by atoms with Gasteiger partial charge >= 0.3 is 0 Å². The molecule has 8 aromatic heterocycles. The van der Waals surface area contributed by atoms with Gasteiger partial charge in [0.15, 0.2) is 0 Å². The molecular weight excluding hydrogens is 697 g/mol. The number of H-pyrrole nitrogens is 7. The Balaban J connectivity index is 1.48. The van der Waals surface area contributed by atoms with E-state index in [1.807, 2.05) is 0 Å². The van der Waals surface area contributed by atoms with Gasteiger partial charge in [-0.3, -0.25) is 0 Å². The largest absolute Gasteiger partial charge is 0.354 e. The zero-order valence-electron chi connectivity index (χ0n) is 34.4. The molecule has 0 unspecified atom stereocenters. The normalized spacial score (nSPS) is 13.2. The van der Waals surface area contributed by atoms with E-state index >= 15 is 0 Å². The second-order valence-corrected chi connectivity index (χ2v) is 15.5. The highest BCUT2D eigenvalue weighted by molar-refractivity contribution is 5.80. The van der Waals surface area contributed by atoms with Crippen LogP contribution in [0.2, 0.25) is 0 Å². The Bertz CT molecular complexity index is 2750. The minimum Gasteiger partial charge on any atom is -0.354 e. The Hall–Kier alpha value is -6.56. The molecule has 0 radical (unpaired) electrons. The summed E-state index contributed by atoms with van der Waals surface area (Å²) in [4.78, 5) is 31.9. The number of imidazole rings is 4. The molecule has 0 atom stereocenters. The van der Waals surface area contributed by atoms with Crippen LogP contribution < -0.4 is 35.1 Å². The van der Waals surface area contributed by atoms with Gasteiger partial charge in [-0.15, -0.1) is 0 Å². The number of hydrogen-bond acceptors (Lipinski definition) is 1. The molecule has 0 spiro atoms. The van der Waals surface area contributed by atoms with Crippen LogP contribution >= 0.6 is 0 Å². The summed E-state index contributed by atoms with van der Waals surface area (Å²) in [7, 11) is 8.46. The molecule has 8 bridgehead atoms. The van der Waals surface area contributed by atoms with Crippen LogP contribution in [0.3, 0.4) is 0 Å². The minimum absolute atomic E-state index is 0.883. The summed E-state index contributed by atoms with van der Waals surface area (Å²) < 4.78 is 8.89. The third kappa shape index (κ3) is 5.11. The number of nitrogens with one attached hydrogen (secondary N) is 7. The quantitative estimate of drug-likeness (QED) is 0.136. The summed E-state index contributed by atoms with van der Waals surface area (Å²) in [5.41, 5.74) is 17.0. The van der Waals surface area contributed by atoms with Crippen molar-refractivity contribution in [3.8, 4) is 0 Å². The van der Waals surface area contributed by atoms with E-state index in [1.54, 1.807) is 0 Å². The predicted molar refractivity (Wildman–Crippen MR) is 215 cm³/mol. The zero-order chi connectivity index (χ0) is 39.5. The summed E-state index contributed by atoms with van der Waals surface area (Å²) in [6.45, 7) is 17.0. The van der Waals surface area contributed by atoms with Gasteiger partial charge < -0.3 is 24.5 Å². The molecule has 284 valence electrons. The van der Waals surface area contributed by atoms with Crippen LogP contribution in [0.4, 0.5) is 0 Å². The monoisotopic (exact) mass is 747 g/mol. The van der Waals surface area contributed by atoms with Gasteiger partial charge in [0.1, 0.15) is 56.7 Å². The van der Waals surface area contributed by atoms with Crippen LogP contribution in [-0.2, 0) is 28.2 Å². The molecule has 12 nitrogen and oxygen atoms in total. The highest BCUT2D eigenvalue weighted by Crippen LogP contribution is 2.27. The molecule has 9 heterocycles. The van der Waals surface area contributed by atoms with E-state index in [0.717, 1.165) is 118 Å². The molecule has 0 saturated heterocycles. The van der Waals surface area contributed by atoms with Gasteiger partial charge in [0, 0.05) is 54.3 Å². The van der Waals surface area contributed by atoms with Crippen LogP contribution in [0.15, 0.2) is 48.5 Å². The smallest absolute Gasteiger partial charge is 0.291 e. The SMILES string of the molecule is Cc1nc(C2=c3ccc([nH]3)=C(c3[nH]c(C)c(C)[n+]3C)c3ccc([nH]3)C(c3[nH]c(C)c(C)[n+]3C)=c3ccc([nH]3)=C(c3[nH]c(C)c(C)[n+]3C)c3ccc2[nH]3)n(C)c1C.